The summed E-state index contributed by atoms with van der Waals surface area (Å²) < 4.78 is 13.5. The molecule has 20 heavy (non-hydrogen) atoms. The van der Waals surface area contributed by atoms with Gasteiger partial charge in [0.2, 0.25) is 5.91 Å². The van der Waals surface area contributed by atoms with E-state index in [-0.39, 0.29) is 18.1 Å². The number of halogens is 1. The number of nitrogens with zero attached hydrogens (tertiary/aromatic N) is 1. The highest BCUT2D eigenvalue weighted by atomic mass is 19.1. The monoisotopic (exact) mass is 279 g/mol. The molecule has 1 heterocycles. The summed E-state index contributed by atoms with van der Waals surface area (Å²) in [5.41, 5.74) is -0.376. The Hall–Kier alpha value is -1.91. The Morgan fingerprint density at radius 1 is 1.30 bits per heavy atom. The molecule has 1 N–H and O–H groups in total. The topological polar surface area (TPSA) is 57.6 Å². The zero-order chi connectivity index (χ0) is 14.8. The molecule has 1 aromatic carbocycles. The van der Waals surface area contributed by atoms with E-state index in [2.05, 4.69) is 0 Å². The average molecular weight is 279 g/mol. The van der Waals surface area contributed by atoms with Gasteiger partial charge >= 0.3 is 5.97 Å². The number of hydrogen-bond acceptors (Lipinski definition) is 2. The Morgan fingerprint density at radius 3 is 2.45 bits per heavy atom. The second-order valence-corrected chi connectivity index (χ2v) is 5.51. The number of likely N-dealkylation sites (tertiary alicyclic amines) is 1. The van der Waals surface area contributed by atoms with Crippen LogP contribution in [0.15, 0.2) is 24.3 Å². The summed E-state index contributed by atoms with van der Waals surface area (Å²) in [4.78, 5) is 24.9. The Kier molecular flexibility index (Phi) is 4.06. The number of carbonyl (C=O) groups excluding carboxylic acids is 1. The van der Waals surface area contributed by atoms with Gasteiger partial charge in [0.05, 0.1) is 11.8 Å². The molecule has 1 fully saturated rings. The highest BCUT2D eigenvalue weighted by Crippen LogP contribution is 2.31. The predicted molar refractivity (Wildman–Crippen MR) is 71.7 cm³/mol. The van der Waals surface area contributed by atoms with Crippen LogP contribution in [0.25, 0.3) is 0 Å². The summed E-state index contributed by atoms with van der Waals surface area (Å²) >= 11 is 0. The van der Waals surface area contributed by atoms with Crippen LogP contribution in [0.3, 0.4) is 0 Å². The molecule has 1 aliphatic rings. The van der Waals surface area contributed by atoms with Crippen LogP contribution >= 0.6 is 0 Å². The molecule has 0 radical (unpaired) electrons. The normalized spacial score (nSPS) is 17.8. The van der Waals surface area contributed by atoms with Crippen LogP contribution in [0, 0.1) is 11.2 Å². The molecule has 0 spiro atoms. The lowest BCUT2D eigenvalue weighted by molar-refractivity contribution is -0.152. The maximum atomic E-state index is 13.5. The fourth-order valence-corrected chi connectivity index (χ4v) is 2.38. The average Bonchev–Trinajstić information content (AvgIpc) is 2.42. The van der Waals surface area contributed by atoms with Crippen molar-refractivity contribution in [1.29, 1.82) is 0 Å². The lowest BCUT2D eigenvalue weighted by Gasteiger charge is -2.36. The first-order valence-electron chi connectivity index (χ1n) is 6.67. The summed E-state index contributed by atoms with van der Waals surface area (Å²) in [5, 5.41) is 9.14. The molecule has 0 aliphatic carbocycles. The van der Waals surface area contributed by atoms with Gasteiger partial charge in [0, 0.05) is 13.1 Å². The van der Waals surface area contributed by atoms with Crippen molar-refractivity contribution in [3.8, 4) is 0 Å². The van der Waals surface area contributed by atoms with E-state index in [4.69, 9.17) is 5.11 Å². The van der Waals surface area contributed by atoms with Gasteiger partial charge in [-0.15, -0.1) is 0 Å². The minimum Gasteiger partial charge on any atom is -0.481 e. The van der Waals surface area contributed by atoms with E-state index in [1.165, 1.54) is 6.07 Å². The van der Waals surface area contributed by atoms with E-state index in [0.717, 1.165) is 0 Å². The number of benzene rings is 1. The van der Waals surface area contributed by atoms with Gasteiger partial charge in [-0.25, -0.2) is 4.39 Å². The van der Waals surface area contributed by atoms with Gasteiger partial charge in [-0.3, -0.25) is 9.59 Å². The number of piperidine rings is 1. The third-order valence-corrected chi connectivity index (χ3v) is 4.04. The zero-order valence-electron chi connectivity index (χ0n) is 11.4. The second kappa shape index (κ2) is 5.61. The van der Waals surface area contributed by atoms with Gasteiger partial charge in [-0.05, 0) is 31.4 Å². The van der Waals surface area contributed by atoms with Crippen molar-refractivity contribution in [1.82, 2.24) is 4.90 Å². The minimum absolute atomic E-state index is 0.0243. The van der Waals surface area contributed by atoms with Gasteiger partial charge in [0.15, 0.2) is 0 Å². The third-order valence-electron chi connectivity index (χ3n) is 4.04. The van der Waals surface area contributed by atoms with Crippen LogP contribution in [0.4, 0.5) is 4.39 Å². The number of rotatable bonds is 3. The molecule has 1 saturated heterocycles. The number of amides is 1. The fourth-order valence-electron chi connectivity index (χ4n) is 2.38. The largest absolute Gasteiger partial charge is 0.481 e. The Bertz CT molecular complexity index is 522. The first-order chi connectivity index (χ1) is 9.42. The highest BCUT2D eigenvalue weighted by molar-refractivity contribution is 5.80. The predicted octanol–water partition coefficient (Wildman–Crippen LogP) is 2.08. The number of carboxylic acids is 1. The maximum Gasteiger partial charge on any atom is 0.309 e. The molecule has 4 nitrogen and oxygen atoms in total. The molecular weight excluding hydrogens is 261 g/mol. The van der Waals surface area contributed by atoms with Crippen molar-refractivity contribution >= 4 is 11.9 Å². The van der Waals surface area contributed by atoms with E-state index in [0.29, 0.717) is 31.5 Å². The standard InChI is InChI=1S/C15H18FNO3/c1-15(14(19)20)6-8-17(9-7-15)13(18)10-11-4-2-3-5-12(11)16/h2-5H,6-10H2,1H3,(H,19,20). The fraction of sp³-hybridized carbons (Fsp3) is 0.467. The molecule has 2 rings (SSSR count). The van der Waals surface area contributed by atoms with Crippen LogP contribution < -0.4 is 0 Å². The van der Waals surface area contributed by atoms with Crippen LogP contribution in [-0.2, 0) is 16.0 Å². The summed E-state index contributed by atoms with van der Waals surface area (Å²) in [6.45, 7) is 2.53. The number of carbonyl (C=O) groups is 2. The second-order valence-electron chi connectivity index (χ2n) is 5.51. The van der Waals surface area contributed by atoms with Gasteiger partial charge in [-0.1, -0.05) is 18.2 Å². The first kappa shape index (κ1) is 14.5. The van der Waals surface area contributed by atoms with Crippen molar-refractivity contribution < 1.29 is 19.1 Å². The molecule has 108 valence electrons. The van der Waals surface area contributed by atoms with Gasteiger partial charge in [0.25, 0.3) is 0 Å². The van der Waals surface area contributed by atoms with Crippen molar-refractivity contribution in [3.05, 3.63) is 35.6 Å². The van der Waals surface area contributed by atoms with Crippen LogP contribution in [0.2, 0.25) is 0 Å². The number of hydrogen-bond donors (Lipinski definition) is 1. The van der Waals surface area contributed by atoms with Crippen LogP contribution in [0.5, 0.6) is 0 Å². The third kappa shape index (κ3) is 2.98. The van der Waals surface area contributed by atoms with Gasteiger partial charge in [-0.2, -0.15) is 0 Å². The number of aliphatic carboxylic acids is 1. The molecular formula is C15H18FNO3. The van der Waals surface area contributed by atoms with E-state index in [1.807, 2.05) is 0 Å². The highest BCUT2D eigenvalue weighted by Gasteiger charge is 2.37. The van der Waals surface area contributed by atoms with Crippen LogP contribution in [-0.4, -0.2) is 35.0 Å². The molecule has 0 saturated carbocycles. The van der Waals surface area contributed by atoms with E-state index < -0.39 is 11.4 Å². The Morgan fingerprint density at radius 2 is 1.90 bits per heavy atom. The first-order valence-corrected chi connectivity index (χ1v) is 6.67. The van der Waals surface area contributed by atoms with Crippen molar-refractivity contribution in [2.45, 2.75) is 26.2 Å². The zero-order valence-corrected chi connectivity index (χ0v) is 11.4. The summed E-state index contributed by atoms with van der Waals surface area (Å²) in [6.07, 6.45) is 0.896. The van der Waals surface area contributed by atoms with Gasteiger partial charge < -0.3 is 10.0 Å². The van der Waals surface area contributed by atoms with E-state index in [9.17, 15) is 14.0 Å². The van der Waals surface area contributed by atoms with Crippen molar-refractivity contribution in [2.75, 3.05) is 13.1 Å². The molecule has 0 aromatic heterocycles. The quantitative estimate of drug-likeness (QED) is 0.921. The molecule has 0 atom stereocenters. The maximum absolute atomic E-state index is 13.5. The molecule has 5 heteroatoms. The summed E-state index contributed by atoms with van der Waals surface area (Å²) in [6, 6.07) is 6.21. The Labute approximate surface area is 117 Å². The smallest absolute Gasteiger partial charge is 0.309 e. The molecule has 1 amide bonds. The molecule has 1 aromatic rings. The lowest BCUT2D eigenvalue weighted by Crippen LogP contribution is -2.45. The number of carboxylic acid groups (broad SMARTS) is 1. The Balaban J connectivity index is 1.96. The molecule has 0 bridgehead atoms. The molecule has 1 aliphatic heterocycles. The van der Waals surface area contributed by atoms with E-state index in [1.54, 1.807) is 30.0 Å². The summed E-state index contributed by atoms with van der Waals surface area (Å²) in [7, 11) is 0. The van der Waals surface area contributed by atoms with Gasteiger partial charge in [0.1, 0.15) is 5.82 Å². The van der Waals surface area contributed by atoms with Crippen LogP contribution in [0.1, 0.15) is 25.3 Å². The lowest BCUT2D eigenvalue weighted by atomic mass is 9.80. The summed E-state index contributed by atoms with van der Waals surface area (Å²) in [5.74, 6) is -1.35. The SMILES string of the molecule is CC1(C(=O)O)CCN(C(=O)Cc2ccccc2F)CC1. The van der Waals surface area contributed by atoms with Crippen molar-refractivity contribution in [2.24, 2.45) is 5.41 Å². The molecule has 0 unspecified atom stereocenters. The van der Waals surface area contributed by atoms with Crippen molar-refractivity contribution in [3.63, 3.8) is 0 Å². The minimum atomic E-state index is -0.821. The van der Waals surface area contributed by atoms with E-state index >= 15 is 0 Å².